The van der Waals surface area contributed by atoms with Crippen LogP contribution in [0.1, 0.15) is 23.4 Å². The second-order valence-electron chi connectivity index (χ2n) is 7.04. The molecule has 0 saturated carbocycles. The average molecular weight is 398 g/mol. The molecule has 0 atom stereocenters. The van der Waals surface area contributed by atoms with Crippen LogP contribution in [0.2, 0.25) is 0 Å². The molecule has 0 aliphatic rings. The van der Waals surface area contributed by atoms with Crippen molar-refractivity contribution in [3.05, 3.63) is 106 Å². The quantitative estimate of drug-likeness (QED) is 0.519. The number of hydrogen-bond acceptors (Lipinski definition) is 4. The molecule has 30 heavy (non-hydrogen) atoms. The van der Waals surface area contributed by atoms with Gasteiger partial charge < -0.3 is 5.32 Å². The lowest BCUT2D eigenvalue weighted by Crippen LogP contribution is -2.29. The number of nitrogens with zero attached hydrogens (tertiary/aromatic N) is 3. The highest BCUT2D eigenvalue weighted by molar-refractivity contribution is 5.84. The van der Waals surface area contributed by atoms with Gasteiger partial charge in [-0.15, -0.1) is 0 Å². The molecule has 6 heteroatoms. The Morgan fingerprint density at radius 3 is 2.40 bits per heavy atom. The zero-order valence-electron chi connectivity index (χ0n) is 16.5. The van der Waals surface area contributed by atoms with Gasteiger partial charge in [0.05, 0.1) is 29.9 Å². The SMILES string of the molecule is O=C(CCc1ccccc1)NCc1nn(Cc2ccccn2)c(=O)c2ccccc12. The standard InChI is InChI=1S/C24H22N4O2/c29-23(14-13-18-8-2-1-3-9-18)26-16-22-20-11-4-5-12-21(20)24(30)28(27-22)17-19-10-6-7-15-25-19/h1-12,15H,13-14,16-17H2,(H,26,29). The normalized spacial score (nSPS) is 10.8. The van der Waals surface area contributed by atoms with E-state index in [1.165, 1.54) is 4.68 Å². The first-order valence-corrected chi connectivity index (χ1v) is 9.90. The van der Waals surface area contributed by atoms with Crippen LogP contribution in [0.3, 0.4) is 0 Å². The molecule has 0 fully saturated rings. The van der Waals surface area contributed by atoms with Crippen LogP contribution in [0.5, 0.6) is 0 Å². The van der Waals surface area contributed by atoms with Crippen LogP contribution in [0.15, 0.2) is 83.8 Å². The molecule has 4 aromatic rings. The molecule has 150 valence electrons. The minimum absolute atomic E-state index is 0.0489. The van der Waals surface area contributed by atoms with Gasteiger partial charge >= 0.3 is 0 Å². The summed E-state index contributed by atoms with van der Waals surface area (Å²) in [5.41, 5.74) is 2.37. The molecule has 2 aromatic heterocycles. The van der Waals surface area contributed by atoms with Crippen LogP contribution in [0, 0.1) is 0 Å². The van der Waals surface area contributed by atoms with Crippen molar-refractivity contribution in [2.75, 3.05) is 0 Å². The van der Waals surface area contributed by atoms with Crippen LogP contribution in [-0.4, -0.2) is 20.7 Å². The number of fused-ring (bicyclic) bond motifs is 1. The first-order valence-electron chi connectivity index (χ1n) is 9.90. The monoisotopic (exact) mass is 398 g/mol. The van der Waals surface area contributed by atoms with Gasteiger partial charge in [-0.05, 0) is 30.2 Å². The van der Waals surface area contributed by atoms with Gasteiger partial charge in [-0.3, -0.25) is 14.6 Å². The summed E-state index contributed by atoms with van der Waals surface area (Å²) in [6, 6.07) is 22.8. The minimum Gasteiger partial charge on any atom is -0.350 e. The van der Waals surface area contributed by atoms with E-state index in [9.17, 15) is 9.59 Å². The Morgan fingerprint density at radius 1 is 0.900 bits per heavy atom. The maximum atomic E-state index is 12.9. The van der Waals surface area contributed by atoms with Gasteiger partial charge in [-0.25, -0.2) is 4.68 Å². The topological polar surface area (TPSA) is 76.9 Å². The van der Waals surface area contributed by atoms with Crippen molar-refractivity contribution in [2.45, 2.75) is 25.9 Å². The van der Waals surface area contributed by atoms with Gasteiger partial charge in [0, 0.05) is 18.0 Å². The second-order valence-corrected chi connectivity index (χ2v) is 7.04. The fraction of sp³-hybridized carbons (Fsp3) is 0.167. The van der Waals surface area contributed by atoms with Crippen molar-refractivity contribution in [3.63, 3.8) is 0 Å². The van der Waals surface area contributed by atoms with E-state index in [0.717, 1.165) is 16.6 Å². The van der Waals surface area contributed by atoms with Crippen LogP contribution >= 0.6 is 0 Å². The number of carbonyl (C=O) groups is 1. The van der Waals surface area contributed by atoms with E-state index >= 15 is 0 Å². The number of aromatic nitrogens is 3. The van der Waals surface area contributed by atoms with Crippen molar-refractivity contribution < 1.29 is 4.79 Å². The van der Waals surface area contributed by atoms with Gasteiger partial charge in [-0.1, -0.05) is 54.6 Å². The van der Waals surface area contributed by atoms with E-state index in [4.69, 9.17) is 0 Å². The molecule has 6 nitrogen and oxygen atoms in total. The maximum absolute atomic E-state index is 12.9. The number of benzene rings is 2. The number of amides is 1. The Hall–Kier alpha value is -3.80. The van der Waals surface area contributed by atoms with Crippen molar-refractivity contribution in [1.29, 1.82) is 0 Å². The summed E-state index contributed by atoms with van der Waals surface area (Å²) in [4.78, 5) is 29.5. The molecule has 4 rings (SSSR count). The van der Waals surface area contributed by atoms with E-state index < -0.39 is 0 Å². The predicted molar refractivity (Wildman–Crippen MR) is 116 cm³/mol. The Balaban J connectivity index is 1.53. The lowest BCUT2D eigenvalue weighted by atomic mass is 10.1. The molecule has 0 radical (unpaired) electrons. The summed E-state index contributed by atoms with van der Waals surface area (Å²) >= 11 is 0. The van der Waals surface area contributed by atoms with Gasteiger partial charge in [0.2, 0.25) is 5.91 Å². The Morgan fingerprint density at radius 2 is 1.63 bits per heavy atom. The molecule has 0 spiro atoms. The van der Waals surface area contributed by atoms with E-state index in [2.05, 4.69) is 15.4 Å². The number of rotatable bonds is 7. The third-order valence-corrected chi connectivity index (χ3v) is 4.92. The van der Waals surface area contributed by atoms with Crippen LogP contribution < -0.4 is 10.9 Å². The molecule has 1 amide bonds. The summed E-state index contributed by atoms with van der Waals surface area (Å²) in [7, 11) is 0. The molecular formula is C24H22N4O2. The first-order chi connectivity index (χ1) is 14.7. The van der Waals surface area contributed by atoms with Gasteiger partial charge in [0.15, 0.2) is 0 Å². The average Bonchev–Trinajstić information content (AvgIpc) is 2.80. The lowest BCUT2D eigenvalue weighted by Gasteiger charge is -2.12. The lowest BCUT2D eigenvalue weighted by molar-refractivity contribution is -0.121. The summed E-state index contributed by atoms with van der Waals surface area (Å²) in [6.45, 7) is 0.538. The van der Waals surface area contributed by atoms with Crippen LogP contribution in [0.25, 0.3) is 10.8 Å². The highest BCUT2D eigenvalue weighted by Crippen LogP contribution is 2.14. The van der Waals surface area contributed by atoms with Crippen molar-refractivity contribution in [2.24, 2.45) is 0 Å². The zero-order valence-corrected chi connectivity index (χ0v) is 16.5. The van der Waals surface area contributed by atoms with Gasteiger partial charge in [0.1, 0.15) is 0 Å². The van der Waals surface area contributed by atoms with Crippen molar-refractivity contribution in [3.8, 4) is 0 Å². The summed E-state index contributed by atoms with van der Waals surface area (Å²) in [5, 5.41) is 8.81. The summed E-state index contributed by atoms with van der Waals surface area (Å²) in [6.07, 6.45) is 2.77. The molecule has 0 aliphatic heterocycles. The molecule has 2 aromatic carbocycles. The fourth-order valence-corrected chi connectivity index (χ4v) is 3.36. The number of aryl methyl sites for hydroxylation is 1. The maximum Gasteiger partial charge on any atom is 0.275 e. The second kappa shape index (κ2) is 9.13. The molecule has 0 saturated heterocycles. The molecule has 0 unspecified atom stereocenters. The number of hydrogen-bond donors (Lipinski definition) is 1. The predicted octanol–water partition coefficient (Wildman–Crippen LogP) is 3.09. The molecule has 0 aliphatic carbocycles. The van der Waals surface area contributed by atoms with Gasteiger partial charge in [0.25, 0.3) is 5.56 Å². The molecule has 2 heterocycles. The summed E-state index contributed by atoms with van der Waals surface area (Å²) < 4.78 is 1.41. The van der Waals surface area contributed by atoms with Crippen LogP contribution in [-0.2, 0) is 24.3 Å². The largest absolute Gasteiger partial charge is 0.350 e. The third-order valence-electron chi connectivity index (χ3n) is 4.92. The Kier molecular flexibility index (Phi) is 5.94. The van der Waals surface area contributed by atoms with Crippen molar-refractivity contribution in [1.82, 2.24) is 20.1 Å². The smallest absolute Gasteiger partial charge is 0.275 e. The van der Waals surface area contributed by atoms with Gasteiger partial charge in [-0.2, -0.15) is 5.10 Å². The fourth-order valence-electron chi connectivity index (χ4n) is 3.36. The van der Waals surface area contributed by atoms with E-state index in [1.54, 1.807) is 12.3 Å². The van der Waals surface area contributed by atoms with Crippen LogP contribution in [0.4, 0.5) is 0 Å². The number of pyridine rings is 1. The first kappa shape index (κ1) is 19.5. The highest BCUT2D eigenvalue weighted by atomic mass is 16.1. The highest BCUT2D eigenvalue weighted by Gasteiger charge is 2.12. The minimum atomic E-state index is -0.171. The molecule has 0 bridgehead atoms. The Bertz CT molecular complexity index is 1200. The van der Waals surface area contributed by atoms with E-state index in [0.29, 0.717) is 23.9 Å². The summed E-state index contributed by atoms with van der Waals surface area (Å²) in [5.74, 6) is -0.0489. The van der Waals surface area contributed by atoms with Crippen molar-refractivity contribution >= 4 is 16.7 Å². The Labute approximate surface area is 174 Å². The number of carbonyl (C=O) groups excluding carboxylic acids is 1. The van der Waals surface area contributed by atoms with E-state index in [-0.39, 0.29) is 24.6 Å². The van der Waals surface area contributed by atoms with E-state index in [1.807, 2.05) is 66.7 Å². The molecule has 1 N–H and O–H groups in total. The molecular weight excluding hydrogens is 376 g/mol. The zero-order chi connectivity index (χ0) is 20.8. The number of nitrogens with one attached hydrogen (secondary N) is 1. The third kappa shape index (κ3) is 4.60.